The van der Waals surface area contributed by atoms with E-state index < -0.39 is 0 Å². The molecule has 0 bridgehead atoms. The van der Waals surface area contributed by atoms with Gasteiger partial charge in [-0.15, -0.1) is 0 Å². The second-order valence-corrected chi connectivity index (χ2v) is 4.07. The van der Waals surface area contributed by atoms with Gasteiger partial charge in [-0.1, -0.05) is 12.1 Å². The molecule has 2 aromatic heterocycles. The van der Waals surface area contributed by atoms with Gasteiger partial charge in [0.15, 0.2) is 0 Å². The van der Waals surface area contributed by atoms with Crippen LogP contribution in [0.2, 0.25) is 0 Å². The van der Waals surface area contributed by atoms with Crippen molar-refractivity contribution < 1.29 is 0 Å². The Morgan fingerprint density at radius 3 is 1.69 bits per heavy atom. The van der Waals surface area contributed by atoms with Crippen molar-refractivity contribution in [3.8, 4) is 0 Å². The molecule has 2 rings (SSSR count). The van der Waals surface area contributed by atoms with Crippen LogP contribution in [0.15, 0.2) is 36.9 Å². The van der Waals surface area contributed by atoms with Crippen molar-refractivity contribution in [2.24, 2.45) is 5.73 Å². The lowest BCUT2D eigenvalue weighted by Crippen LogP contribution is -2.12. The van der Waals surface area contributed by atoms with Crippen molar-refractivity contribution in [3.63, 3.8) is 0 Å². The summed E-state index contributed by atoms with van der Waals surface area (Å²) in [7, 11) is 0. The van der Waals surface area contributed by atoms with Gasteiger partial charge in [0.1, 0.15) is 0 Å². The Morgan fingerprint density at radius 2 is 1.31 bits per heavy atom. The standard InChI is InChI=1S/C13H15N3/c1-9-3-11(7-15-5-9)13(14)12-4-10(2)6-16-8-12/h3-8,13H,14H2,1-2H3. The number of hydrogen-bond acceptors (Lipinski definition) is 3. The van der Waals surface area contributed by atoms with Gasteiger partial charge in [-0.3, -0.25) is 9.97 Å². The first-order valence-electron chi connectivity index (χ1n) is 5.25. The van der Waals surface area contributed by atoms with Crippen LogP contribution in [0.25, 0.3) is 0 Å². The maximum Gasteiger partial charge on any atom is 0.0582 e. The molecular weight excluding hydrogens is 198 g/mol. The topological polar surface area (TPSA) is 51.8 Å². The highest BCUT2D eigenvalue weighted by Crippen LogP contribution is 2.19. The van der Waals surface area contributed by atoms with Crippen molar-refractivity contribution >= 4 is 0 Å². The largest absolute Gasteiger partial charge is 0.320 e. The van der Waals surface area contributed by atoms with Crippen LogP contribution >= 0.6 is 0 Å². The third-order valence-corrected chi connectivity index (χ3v) is 2.51. The van der Waals surface area contributed by atoms with Gasteiger partial charge in [-0.2, -0.15) is 0 Å². The average Bonchev–Trinajstić information content (AvgIpc) is 2.28. The quantitative estimate of drug-likeness (QED) is 0.831. The van der Waals surface area contributed by atoms with E-state index in [1.54, 1.807) is 12.4 Å². The molecule has 0 saturated carbocycles. The molecule has 0 atom stereocenters. The molecule has 0 fully saturated rings. The molecule has 3 heteroatoms. The number of hydrogen-bond donors (Lipinski definition) is 1. The van der Waals surface area contributed by atoms with Crippen molar-refractivity contribution in [3.05, 3.63) is 59.2 Å². The first-order valence-corrected chi connectivity index (χ1v) is 5.25. The third-order valence-electron chi connectivity index (χ3n) is 2.51. The van der Waals surface area contributed by atoms with E-state index in [1.807, 2.05) is 26.2 Å². The van der Waals surface area contributed by atoms with E-state index in [2.05, 4.69) is 22.1 Å². The summed E-state index contributed by atoms with van der Waals surface area (Å²) in [4.78, 5) is 8.31. The van der Waals surface area contributed by atoms with Gasteiger partial charge in [-0.05, 0) is 36.1 Å². The molecule has 0 radical (unpaired) electrons. The van der Waals surface area contributed by atoms with E-state index in [0.717, 1.165) is 22.3 Å². The molecule has 0 saturated heterocycles. The lowest BCUT2D eigenvalue weighted by Gasteiger charge is -2.12. The first kappa shape index (κ1) is 10.8. The Kier molecular flexibility index (Phi) is 2.97. The van der Waals surface area contributed by atoms with Gasteiger partial charge < -0.3 is 5.73 Å². The number of nitrogens with two attached hydrogens (primary N) is 1. The van der Waals surface area contributed by atoms with E-state index >= 15 is 0 Å². The molecule has 0 aliphatic heterocycles. The molecule has 0 aliphatic rings. The Labute approximate surface area is 95.4 Å². The summed E-state index contributed by atoms with van der Waals surface area (Å²) in [5.41, 5.74) is 10.5. The van der Waals surface area contributed by atoms with Crippen LogP contribution in [0.1, 0.15) is 28.3 Å². The van der Waals surface area contributed by atoms with Crippen molar-refractivity contribution in [1.82, 2.24) is 9.97 Å². The minimum atomic E-state index is -0.153. The van der Waals surface area contributed by atoms with Gasteiger partial charge in [0, 0.05) is 24.8 Å². The van der Waals surface area contributed by atoms with Crippen LogP contribution in [-0.2, 0) is 0 Å². The summed E-state index contributed by atoms with van der Waals surface area (Å²) in [6.45, 7) is 4.02. The molecule has 0 amide bonds. The summed E-state index contributed by atoms with van der Waals surface area (Å²) >= 11 is 0. The predicted octanol–water partition coefficient (Wildman–Crippen LogP) is 2.14. The Bertz CT molecular complexity index is 449. The highest BCUT2D eigenvalue weighted by atomic mass is 14.7. The van der Waals surface area contributed by atoms with Crippen molar-refractivity contribution in [1.29, 1.82) is 0 Å². The average molecular weight is 213 g/mol. The zero-order chi connectivity index (χ0) is 11.5. The van der Waals surface area contributed by atoms with Gasteiger partial charge in [0.05, 0.1) is 6.04 Å². The number of rotatable bonds is 2. The molecule has 0 unspecified atom stereocenters. The second kappa shape index (κ2) is 4.41. The zero-order valence-corrected chi connectivity index (χ0v) is 9.51. The fraction of sp³-hybridized carbons (Fsp3) is 0.231. The molecule has 0 spiro atoms. The summed E-state index contributed by atoms with van der Waals surface area (Å²) in [5, 5.41) is 0. The van der Waals surface area contributed by atoms with Gasteiger partial charge in [0.2, 0.25) is 0 Å². The van der Waals surface area contributed by atoms with Crippen LogP contribution in [0, 0.1) is 13.8 Å². The Balaban J connectivity index is 2.35. The van der Waals surface area contributed by atoms with E-state index in [-0.39, 0.29) is 6.04 Å². The van der Waals surface area contributed by atoms with Gasteiger partial charge in [0.25, 0.3) is 0 Å². The third kappa shape index (κ3) is 2.25. The fourth-order valence-corrected chi connectivity index (χ4v) is 1.69. The maximum atomic E-state index is 6.17. The zero-order valence-electron chi connectivity index (χ0n) is 9.51. The van der Waals surface area contributed by atoms with Gasteiger partial charge in [-0.25, -0.2) is 0 Å². The van der Waals surface area contributed by atoms with E-state index in [0.29, 0.717) is 0 Å². The molecule has 82 valence electrons. The maximum absolute atomic E-state index is 6.17. The minimum absolute atomic E-state index is 0.153. The first-order chi connectivity index (χ1) is 7.66. The van der Waals surface area contributed by atoms with Crippen LogP contribution in [0.4, 0.5) is 0 Å². The molecule has 2 heterocycles. The monoisotopic (exact) mass is 213 g/mol. The molecule has 16 heavy (non-hydrogen) atoms. The number of pyridine rings is 2. The molecule has 3 nitrogen and oxygen atoms in total. The summed E-state index contributed by atoms with van der Waals surface area (Å²) in [6, 6.07) is 3.96. The van der Waals surface area contributed by atoms with Crippen LogP contribution < -0.4 is 5.73 Å². The smallest absolute Gasteiger partial charge is 0.0582 e. The van der Waals surface area contributed by atoms with Crippen molar-refractivity contribution in [2.45, 2.75) is 19.9 Å². The second-order valence-electron chi connectivity index (χ2n) is 4.07. The highest BCUT2D eigenvalue weighted by Gasteiger charge is 2.09. The molecule has 2 aromatic rings. The van der Waals surface area contributed by atoms with Crippen LogP contribution in [0.3, 0.4) is 0 Å². The number of nitrogens with zero attached hydrogens (tertiary/aromatic N) is 2. The normalized spacial score (nSPS) is 10.8. The lowest BCUT2D eigenvalue weighted by atomic mass is 10.0. The number of aromatic nitrogens is 2. The molecule has 2 N–H and O–H groups in total. The predicted molar refractivity (Wildman–Crippen MR) is 64.0 cm³/mol. The molecule has 0 aliphatic carbocycles. The molecular formula is C13H15N3. The van der Waals surface area contributed by atoms with E-state index in [4.69, 9.17) is 5.73 Å². The number of aryl methyl sites for hydroxylation is 2. The summed E-state index contributed by atoms with van der Waals surface area (Å²) in [6.07, 6.45) is 7.26. The minimum Gasteiger partial charge on any atom is -0.320 e. The highest BCUT2D eigenvalue weighted by molar-refractivity contribution is 5.31. The Morgan fingerprint density at radius 1 is 0.875 bits per heavy atom. The molecule has 0 aromatic carbocycles. The van der Waals surface area contributed by atoms with Crippen molar-refractivity contribution in [2.75, 3.05) is 0 Å². The lowest BCUT2D eigenvalue weighted by molar-refractivity contribution is 0.850. The van der Waals surface area contributed by atoms with Crippen LogP contribution in [0.5, 0.6) is 0 Å². The van der Waals surface area contributed by atoms with Gasteiger partial charge >= 0.3 is 0 Å². The SMILES string of the molecule is Cc1cncc(C(N)c2cncc(C)c2)c1. The Hall–Kier alpha value is -1.74. The fourth-order valence-electron chi connectivity index (χ4n) is 1.69. The van der Waals surface area contributed by atoms with E-state index in [9.17, 15) is 0 Å². The summed E-state index contributed by atoms with van der Waals surface area (Å²) in [5.74, 6) is 0. The summed E-state index contributed by atoms with van der Waals surface area (Å²) < 4.78 is 0. The van der Waals surface area contributed by atoms with E-state index in [1.165, 1.54) is 0 Å². The van der Waals surface area contributed by atoms with Crippen LogP contribution in [-0.4, -0.2) is 9.97 Å².